The minimum atomic E-state index is -0.597. The molecule has 21 heavy (non-hydrogen) atoms. The van der Waals surface area contributed by atoms with Crippen LogP contribution in [0, 0.1) is 11.6 Å². The Hall–Kier alpha value is -1.46. The highest BCUT2D eigenvalue weighted by molar-refractivity contribution is 9.10. The molecule has 0 aliphatic rings. The van der Waals surface area contributed by atoms with Crippen LogP contribution in [-0.4, -0.2) is 6.54 Å². The van der Waals surface area contributed by atoms with E-state index < -0.39 is 11.6 Å². The predicted molar refractivity (Wildman–Crippen MR) is 82.2 cm³/mol. The molecule has 2 nitrogen and oxygen atoms in total. The molecule has 2 rings (SSSR count). The Morgan fingerprint density at radius 3 is 2.52 bits per heavy atom. The summed E-state index contributed by atoms with van der Waals surface area (Å²) in [5.74, 6) is -0.617. The minimum absolute atomic E-state index is 0.0614. The van der Waals surface area contributed by atoms with E-state index in [2.05, 4.69) is 21.2 Å². The lowest BCUT2D eigenvalue weighted by molar-refractivity contribution is 0.292. The van der Waals surface area contributed by atoms with Gasteiger partial charge >= 0.3 is 0 Å². The first-order valence-electron chi connectivity index (χ1n) is 6.66. The first-order chi connectivity index (χ1) is 10.1. The molecular formula is C16H16BrF2NO. The van der Waals surface area contributed by atoms with Crippen LogP contribution < -0.4 is 10.1 Å². The summed E-state index contributed by atoms with van der Waals surface area (Å²) in [6, 6.07) is 9.26. The van der Waals surface area contributed by atoms with Gasteiger partial charge in [-0.2, -0.15) is 0 Å². The Kier molecular flexibility index (Phi) is 5.70. The Labute approximate surface area is 131 Å². The maximum atomic E-state index is 13.5. The lowest BCUT2D eigenvalue weighted by Crippen LogP contribution is -2.12. The summed E-state index contributed by atoms with van der Waals surface area (Å²) >= 11 is 3.46. The van der Waals surface area contributed by atoms with E-state index in [1.165, 1.54) is 18.2 Å². The number of halogens is 3. The van der Waals surface area contributed by atoms with Gasteiger partial charge in [-0.25, -0.2) is 8.78 Å². The molecule has 0 fully saturated rings. The van der Waals surface area contributed by atoms with Gasteiger partial charge in [0.25, 0.3) is 0 Å². The number of ether oxygens (including phenoxy) is 1. The largest absolute Gasteiger partial charge is 0.489 e. The van der Waals surface area contributed by atoms with E-state index in [0.29, 0.717) is 12.3 Å². The highest BCUT2D eigenvalue weighted by atomic mass is 79.9. The zero-order chi connectivity index (χ0) is 15.2. The first-order valence-corrected chi connectivity index (χ1v) is 7.46. The fraction of sp³-hybridized carbons (Fsp3) is 0.250. The van der Waals surface area contributed by atoms with Crippen LogP contribution in [0.3, 0.4) is 0 Å². The second-order valence-corrected chi connectivity index (χ2v) is 5.38. The van der Waals surface area contributed by atoms with Crippen molar-refractivity contribution in [1.82, 2.24) is 5.32 Å². The fourth-order valence-electron chi connectivity index (χ4n) is 1.86. The van der Waals surface area contributed by atoms with Crippen molar-refractivity contribution in [3.8, 4) is 5.75 Å². The maximum absolute atomic E-state index is 13.5. The molecule has 0 aliphatic carbocycles. The molecule has 0 aliphatic heterocycles. The van der Waals surface area contributed by atoms with Crippen LogP contribution in [0.1, 0.15) is 18.1 Å². The van der Waals surface area contributed by atoms with E-state index in [1.54, 1.807) is 6.07 Å². The molecule has 0 radical (unpaired) electrons. The lowest BCUT2D eigenvalue weighted by atomic mass is 10.2. The molecule has 0 saturated carbocycles. The Morgan fingerprint density at radius 2 is 1.86 bits per heavy atom. The number of benzene rings is 2. The van der Waals surface area contributed by atoms with Crippen molar-refractivity contribution < 1.29 is 13.5 Å². The van der Waals surface area contributed by atoms with E-state index in [1.807, 2.05) is 19.1 Å². The predicted octanol–water partition coefficient (Wildman–Crippen LogP) is 4.42. The number of hydrogen-bond donors (Lipinski definition) is 1. The van der Waals surface area contributed by atoms with Crippen LogP contribution in [0.25, 0.3) is 0 Å². The van der Waals surface area contributed by atoms with Crippen LogP contribution in [0.5, 0.6) is 5.75 Å². The van der Waals surface area contributed by atoms with Crippen molar-refractivity contribution in [2.24, 2.45) is 0 Å². The lowest BCUT2D eigenvalue weighted by Gasteiger charge is -2.11. The summed E-state index contributed by atoms with van der Waals surface area (Å²) < 4.78 is 33.5. The summed E-state index contributed by atoms with van der Waals surface area (Å²) in [4.78, 5) is 0. The van der Waals surface area contributed by atoms with Crippen LogP contribution >= 0.6 is 15.9 Å². The van der Waals surface area contributed by atoms with Crippen molar-refractivity contribution in [3.63, 3.8) is 0 Å². The zero-order valence-corrected chi connectivity index (χ0v) is 13.2. The van der Waals surface area contributed by atoms with Crippen molar-refractivity contribution >= 4 is 15.9 Å². The van der Waals surface area contributed by atoms with Crippen LogP contribution in [-0.2, 0) is 13.2 Å². The molecule has 112 valence electrons. The summed E-state index contributed by atoms with van der Waals surface area (Å²) in [5, 5.41) is 3.22. The Balaban J connectivity index is 2.09. The molecule has 0 amide bonds. The molecule has 0 bridgehead atoms. The second kappa shape index (κ2) is 7.52. The van der Waals surface area contributed by atoms with Crippen molar-refractivity contribution in [3.05, 3.63) is 63.6 Å². The third kappa shape index (κ3) is 4.25. The van der Waals surface area contributed by atoms with Gasteiger partial charge in [-0.1, -0.05) is 28.9 Å². The zero-order valence-electron chi connectivity index (χ0n) is 11.6. The van der Waals surface area contributed by atoms with Crippen LogP contribution in [0.15, 0.2) is 40.9 Å². The first kappa shape index (κ1) is 15.9. The molecule has 0 aromatic heterocycles. The smallest absolute Gasteiger partial charge is 0.132 e. The molecular weight excluding hydrogens is 340 g/mol. The van der Waals surface area contributed by atoms with Gasteiger partial charge in [0, 0.05) is 11.0 Å². The summed E-state index contributed by atoms with van der Waals surface area (Å²) in [6.07, 6.45) is 0. The van der Waals surface area contributed by atoms with E-state index in [4.69, 9.17) is 4.74 Å². The molecule has 0 spiro atoms. The molecule has 1 N–H and O–H groups in total. The molecule has 2 aromatic rings. The van der Waals surface area contributed by atoms with E-state index >= 15 is 0 Å². The molecule has 0 atom stereocenters. The molecule has 0 saturated heterocycles. The Morgan fingerprint density at radius 1 is 1.14 bits per heavy atom. The normalized spacial score (nSPS) is 10.7. The van der Waals surface area contributed by atoms with Gasteiger partial charge in [0.1, 0.15) is 24.0 Å². The van der Waals surface area contributed by atoms with E-state index in [9.17, 15) is 8.78 Å². The van der Waals surface area contributed by atoms with Gasteiger partial charge in [-0.05, 0) is 42.4 Å². The standard InChI is InChI=1S/C16H16BrF2NO/c1-2-20-9-11-8-12(6-7-14(11)17)21-10-13-15(18)4-3-5-16(13)19/h3-8,20H,2,9-10H2,1H3. The van der Waals surface area contributed by atoms with Crippen molar-refractivity contribution in [2.75, 3.05) is 6.54 Å². The third-order valence-electron chi connectivity index (χ3n) is 3.03. The van der Waals surface area contributed by atoms with Gasteiger partial charge in [0.2, 0.25) is 0 Å². The summed E-state index contributed by atoms with van der Waals surface area (Å²) in [6.45, 7) is 3.44. The molecule has 2 aromatic carbocycles. The number of rotatable bonds is 6. The second-order valence-electron chi connectivity index (χ2n) is 4.52. The fourth-order valence-corrected chi connectivity index (χ4v) is 2.25. The van der Waals surface area contributed by atoms with Crippen molar-refractivity contribution in [1.29, 1.82) is 0 Å². The molecule has 0 unspecified atom stereocenters. The van der Waals surface area contributed by atoms with Gasteiger partial charge in [-0.15, -0.1) is 0 Å². The van der Waals surface area contributed by atoms with Crippen LogP contribution in [0.2, 0.25) is 0 Å². The van der Waals surface area contributed by atoms with Crippen molar-refractivity contribution in [2.45, 2.75) is 20.1 Å². The molecule has 5 heteroatoms. The topological polar surface area (TPSA) is 21.3 Å². The highest BCUT2D eigenvalue weighted by Crippen LogP contribution is 2.24. The number of hydrogen-bond acceptors (Lipinski definition) is 2. The third-order valence-corrected chi connectivity index (χ3v) is 3.80. The average Bonchev–Trinajstić information content (AvgIpc) is 2.47. The quantitative estimate of drug-likeness (QED) is 0.828. The van der Waals surface area contributed by atoms with Gasteiger partial charge in [-0.3, -0.25) is 0 Å². The average molecular weight is 356 g/mol. The summed E-state index contributed by atoms with van der Waals surface area (Å²) in [5.41, 5.74) is 0.969. The monoisotopic (exact) mass is 355 g/mol. The Bertz CT molecular complexity index is 599. The van der Waals surface area contributed by atoms with Gasteiger partial charge in [0.15, 0.2) is 0 Å². The van der Waals surface area contributed by atoms with E-state index in [-0.39, 0.29) is 12.2 Å². The summed E-state index contributed by atoms with van der Waals surface area (Å²) in [7, 11) is 0. The SMILES string of the molecule is CCNCc1cc(OCc2c(F)cccc2F)ccc1Br. The van der Waals surface area contributed by atoms with Gasteiger partial charge in [0.05, 0.1) is 5.56 Å². The van der Waals surface area contributed by atoms with E-state index in [0.717, 1.165) is 16.6 Å². The maximum Gasteiger partial charge on any atom is 0.132 e. The highest BCUT2D eigenvalue weighted by Gasteiger charge is 2.09. The van der Waals surface area contributed by atoms with Crippen LogP contribution in [0.4, 0.5) is 8.78 Å². The van der Waals surface area contributed by atoms with Gasteiger partial charge < -0.3 is 10.1 Å². The number of nitrogens with one attached hydrogen (secondary N) is 1. The molecule has 0 heterocycles. The minimum Gasteiger partial charge on any atom is -0.489 e.